The number of methoxy groups -OCH3 is 1. The van der Waals surface area contributed by atoms with Gasteiger partial charge >= 0.3 is 0 Å². The highest BCUT2D eigenvalue weighted by Gasteiger charge is 2.19. The first-order valence-electron chi connectivity index (χ1n) is 9.73. The number of carbonyl (C=O) groups is 1. The van der Waals surface area contributed by atoms with Gasteiger partial charge in [-0.05, 0) is 42.7 Å². The number of amides is 1. The SMILES string of the molecule is COc1ccc(S(=O)(=O)N(C)C)cc1CCC(=O)NCCSCc1ccc(C)cc1. The van der Waals surface area contributed by atoms with Crippen LogP contribution >= 0.6 is 11.8 Å². The number of benzene rings is 2. The third kappa shape index (κ3) is 7.04. The van der Waals surface area contributed by atoms with Crippen LogP contribution in [0.25, 0.3) is 0 Å². The second-order valence-electron chi connectivity index (χ2n) is 7.15. The van der Waals surface area contributed by atoms with Crippen molar-refractivity contribution in [3.8, 4) is 5.75 Å². The highest BCUT2D eigenvalue weighted by atomic mass is 32.2. The van der Waals surface area contributed by atoms with Gasteiger partial charge in [-0.1, -0.05) is 29.8 Å². The highest BCUT2D eigenvalue weighted by molar-refractivity contribution is 7.98. The van der Waals surface area contributed by atoms with Gasteiger partial charge in [0.15, 0.2) is 0 Å². The van der Waals surface area contributed by atoms with Gasteiger partial charge in [0.25, 0.3) is 0 Å². The van der Waals surface area contributed by atoms with E-state index in [4.69, 9.17) is 4.74 Å². The van der Waals surface area contributed by atoms with Gasteiger partial charge in [0.1, 0.15) is 5.75 Å². The van der Waals surface area contributed by atoms with Crippen LogP contribution in [0, 0.1) is 6.92 Å². The molecule has 0 aliphatic carbocycles. The van der Waals surface area contributed by atoms with Crippen LogP contribution in [0.1, 0.15) is 23.1 Å². The normalized spacial score (nSPS) is 11.5. The minimum absolute atomic E-state index is 0.0612. The van der Waals surface area contributed by atoms with Crippen molar-refractivity contribution in [3.63, 3.8) is 0 Å². The Labute approximate surface area is 184 Å². The summed E-state index contributed by atoms with van der Waals surface area (Å²) < 4.78 is 31.2. The Bertz CT molecular complexity index is 942. The Morgan fingerprint density at radius 1 is 1.13 bits per heavy atom. The van der Waals surface area contributed by atoms with E-state index in [-0.39, 0.29) is 17.2 Å². The summed E-state index contributed by atoms with van der Waals surface area (Å²) in [6.45, 7) is 2.67. The van der Waals surface area contributed by atoms with Gasteiger partial charge in [-0.3, -0.25) is 4.79 Å². The quantitative estimate of drug-likeness (QED) is 0.532. The van der Waals surface area contributed by atoms with Crippen LogP contribution in [0.5, 0.6) is 5.75 Å². The van der Waals surface area contributed by atoms with Crippen molar-refractivity contribution in [2.24, 2.45) is 0 Å². The molecule has 1 N–H and O–H groups in total. The second-order valence-corrected chi connectivity index (χ2v) is 10.4. The lowest BCUT2D eigenvalue weighted by Crippen LogP contribution is -2.26. The maximum absolute atomic E-state index is 12.3. The Hall–Kier alpha value is -2.03. The van der Waals surface area contributed by atoms with Crippen molar-refractivity contribution < 1.29 is 17.9 Å². The first-order valence-corrected chi connectivity index (χ1v) is 12.3. The topological polar surface area (TPSA) is 75.7 Å². The fourth-order valence-corrected chi connectivity index (χ4v) is 4.57. The van der Waals surface area contributed by atoms with Crippen LogP contribution in [0.2, 0.25) is 0 Å². The van der Waals surface area contributed by atoms with E-state index in [1.807, 2.05) is 0 Å². The second kappa shape index (κ2) is 11.4. The standard InChI is InChI=1S/C22H30N2O4S2/c1-17-5-7-18(8-6-17)16-29-14-13-23-22(25)12-9-19-15-20(10-11-21(19)28-4)30(26,27)24(2)3/h5-8,10-11,15H,9,12-14,16H2,1-4H3,(H,23,25). The van der Waals surface area contributed by atoms with Crippen LogP contribution in [0.3, 0.4) is 0 Å². The van der Waals surface area contributed by atoms with Crippen molar-refractivity contribution in [2.75, 3.05) is 33.5 Å². The Morgan fingerprint density at radius 3 is 2.47 bits per heavy atom. The van der Waals surface area contributed by atoms with Crippen molar-refractivity contribution in [1.82, 2.24) is 9.62 Å². The lowest BCUT2D eigenvalue weighted by Gasteiger charge is -2.14. The summed E-state index contributed by atoms with van der Waals surface area (Å²) in [7, 11) is 0.977. The number of nitrogens with one attached hydrogen (secondary N) is 1. The zero-order valence-electron chi connectivity index (χ0n) is 18.0. The fourth-order valence-electron chi connectivity index (χ4n) is 2.80. The molecule has 0 fully saturated rings. The van der Waals surface area contributed by atoms with Crippen LogP contribution in [-0.4, -0.2) is 52.1 Å². The Kier molecular flexibility index (Phi) is 9.20. The van der Waals surface area contributed by atoms with Crippen LogP contribution in [0.15, 0.2) is 47.4 Å². The highest BCUT2D eigenvalue weighted by Crippen LogP contribution is 2.25. The summed E-state index contributed by atoms with van der Waals surface area (Å²) in [5, 5.41) is 2.92. The summed E-state index contributed by atoms with van der Waals surface area (Å²) in [4.78, 5) is 12.4. The Balaban J connectivity index is 1.81. The molecule has 0 unspecified atom stereocenters. The predicted molar refractivity (Wildman–Crippen MR) is 123 cm³/mol. The number of sulfonamides is 1. The molecule has 0 radical (unpaired) electrons. The molecule has 2 aromatic rings. The van der Waals surface area contributed by atoms with Crippen molar-refractivity contribution >= 4 is 27.7 Å². The zero-order valence-corrected chi connectivity index (χ0v) is 19.6. The molecule has 0 atom stereocenters. The van der Waals surface area contributed by atoms with Gasteiger partial charge in [0.05, 0.1) is 12.0 Å². The smallest absolute Gasteiger partial charge is 0.242 e. The van der Waals surface area contributed by atoms with Crippen molar-refractivity contribution in [1.29, 1.82) is 0 Å². The molecule has 1 amide bonds. The molecule has 0 aromatic heterocycles. The summed E-state index contributed by atoms with van der Waals surface area (Å²) >= 11 is 1.78. The number of carbonyl (C=O) groups excluding carboxylic acids is 1. The molecule has 6 nitrogen and oxygen atoms in total. The first kappa shape index (κ1) is 24.2. The lowest BCUT2D eigenvalue weighted by atomic mass is 10.1. The van der Waals surface area contributed by atoms with E-state index in [1.54, 1.807) is 23.9 Å². The number of rotatable bonds is 11. The molecule has 0 aliphatic heterocycles. The van der Waals surface area contributed by atoms with Gasteiger partial charge < -0.3 is 10.1 Å². The monoisotopic (exact) mass is 450 g/mol. The molecular formula is C22H30N2O4S2. The molecular weight excluding hydrogens is 420 g/mol. The third-order valence-electron chi connectivity index (χ3n) is 4.61. The molecule has 2 rings (SSSR count). The molecule has 0 spiro atoms. The largest absolute Gasteiger partial charge is 0.496 e. The minimum Gasteiger partial charge on any atom is -0.496 e. The minimum atomic E-state index is -3.53. The molecule has 0 bridgehead atoms. The first-order chi connectivity index (χ1) is 14.2. The van der Waals surface area contributed by atoms with Gasteiger partial charge in [-0.2, -0.15) is 11.8 Å². The average Bonchev–Trinajstić information content (AvgIpc) is 2.72. The van der Waals surface area contributed by atoms with Gasteiger partial charge in [0, 0.05) is 38.6 Å². The molecule has 0 heterocycles. The average molecular weight is 451 g/mol. The van der Waals surface area contributed by atoms with E-state index in [2.05, 4.69) is 36.5 Å². The lowest BCUT2D eigenvalue weighted by molar-refractivity contribution is -0.120. The number of thioether (sulfide) groups is 1. The number of aryl methyl sites for hydroxylation is 2. The molecule has 0 aliphatic rings. The molecule has 164 valence electrons. The van der Waals surface area contributed by atoms with E-state index in [0.29, 0.717) is 24.3 Å². The summed E-state index contributed by atoms with van der Waals surface area (Å²) in [6, 6.07) is 13.2. The number of hydrogen-bond acceptors (Lipinski definition) is 5. The molecule has 8 heteroatoms. The maximum atomic E-state index is 12.3. The van der Waals surface area contributed by atoms with Crippen molar-refractivity contribution in [3.05, 3.63) is 59.2 Å². The van der Waals surface area contributed by atoms with E-state index in [9.17, 15) is 13.2 Å². The van der Waals surface area contributed by atoms with E-state index in [0.717, 1.165) is 11.5 Å². The molecule has 30 heavy (non-hydrogen) atoms. The summed E-state index contributed by atoms with van der Waals surface area (Å²) in [5.74, 6) is 2.27. The maximum Gasteiger partial charge on any atom is 0.242 e. The predicted octanol–water partition coefficient (Wildman–Crippen LogP) is 3.24. The fraction of sp³-hybridized carbons (Fsp3) is 0.409. The molecule has 0 saturated carbocycles. The van der Waals surface area contributed by atoms with Gasteiger partial charge in [-0.25, -0.2) is 12.7 Å². The van der Waals surface area contributed by atoms with Crippen molar-refractivity contribution in [2.45, 2.75) is 30.4 Å². The number of ether oxygens (including phenoxy) is 1. The number of hydrogen-bond donors (Lipinski definition) is 1. The van der Waals surface area contributed by atoms with E-state index < -0.39 is 10.0 Å². The van der Waals surface area contributed by atoms with E-state index in [1.165, 1.54) is 42.7 Å². The summed E-state index contributed by atoms with van der Waals surface area (Å²) in [5.41, 5.74) is 3.22. The third-order valence-corrected chi connectivity index (χ3v) is 7.45. The van der Waals surface area contributed by atoms with Gasteiger partial charge in [0.2, 0.25) is 15.9 Å². The molecule has 0 saturated heterocycles. The van der Waals surface area contributed by atoms with Crippen LogP contribution < -0.4 is 10.1 Å². The van der Waals surface area contributed by atoms with Gasteiger partial charge in [-0.15, -0.1) is 0 Å². The zero-order chi connectivity index (χ0) is 22.1. The number of nitrogens with zero attached hydrogens (tertiary/aromatic N) is 1. The van der Waals surface area contributed by atoms with Crippen LogP contribution in [0.4, 0.5) is 0 Å². The van der Waals surface area contributed by atoms with Crippen LogP contribution in [-0.2, 0) is 27.0 Å². The Morgan fingerprint density at radius 2 is 1.83 bits per heavy atom. The van der Waals surface area contributed by atoms with E-state index >= 15 is 0 Å². The summed E-state index contributed by atoms with van der Waals surface area (Å²) in [6.07, 6.45) is 0.673. The molecule has 2 aromatic carbocycles.